The molecule has 14 rings (SSSR count). The first-order valence-electron chi connectivity index (χ1n) is 38.9. The van der Waals surface area contributed by atoms with Crippen molar-refractivity contribution in [2.24, 2.45) is 0 Å². The molecule has 4 heterocycles. The van der Waals surface area contributed by atoms with Crippen LogP contribution in [0, 0.1) is 59.6 Å². The molecule has 0 aliphatic carbocycles. The van der Waals surface area contributed by atoms with Crippen LogP contribution in [0.5, 0.6) is 11.5 Å². The Morgan fingerprint density at radius 1 is 0.512 bits per heavy atom. The molecule has 1 aliphatic rings. The predicted octanol–water partition coefficient (Wildman–Crippen LogP) is 19.1. The maximum absolute atomic E-state index is 10.2. The van der Waals surface area contributed by atoms with Crippen LogP contribution >= 0.6 is 0 Å². The summed E-state index contributed by atoms with van der Waals surface area (Å²) in [6, 6.07) is 34.7. The fourth-order valence-corrected chi connectivity index (χ4v) is 11.2. The van der Waals surface area contributed by atoms with E-state index in [0.717, 1.165) is 46.1 Å². The molecule has 0 fully saturated rings. The zero-order chi connectivity index (χ0) is 77.4. The minimum atomic E-state index is -3.27. The van der Waals surface area contributed by atoms with Crippen molar-refractivity contribution in [3.05, 3.63) is 258 Å². The van der Waals surface area contributed by atoms with Gasteiger partial charge in [0, 0.05) is 69.0 Å². The SMILES string of the molecule is [2H]c1c([2H])c([2H])c2c(c1[2H])-c1cc(-c3c(C([2H])([2H])[2H])cccc3C([2H])([2H])[2H])cc(-c3c(C([2H])([2H])[2H])cccc3C([2H])([2H])[2H])c1-[n+]1[c-]n(-c3[c-]c(Oc4[c-]c5c(cc4)c4ccccc4n5-c4cc(C(C)(C)C)ccn4)ccc3)c3cc(-c4c(C([2H])([2H])[2H])cccc4C([2H])([2H])[2H])cc(c31)-c1c([2H])c([2H])c([2H])c([2H])c1-2.[Pt]. The fraction of sp³-hybridized carbons (Fsp3) is 0.132. The summed E-state index contributed by atoms with van der Waals surface area (Å²) in [4.78, 5) is 4.81. The molecule has 0 unspecified atom stereocenters. The topological polar surface area (TPSA) is 35.9 Å². The first-order chi connectivity index (χ1) is 49.9. The van der Waals surface area contributed by atoms with Gasteiger partial charge in [-0.25, -0.2) is 4.98 Å². The van der Waals surface area contributed by atoms with Gasteiger partial charge in [0.15, 0.2) is 0 Å². The molecule has 0 spiro atoms. The van der Waals surface area contributed by atoms with Gasteiger partial charge in [-0.1, -0.05) is 153 Å². The standard InChI is InChI=1S/C76H60N4O.Pt/c1-46-20-16-21-47(2)71(46)52-38-64-60-30-12-10-28-58(60)59-29-11-13-31-61(59)65-39-53(72-48(3)22-17-23-49(72)4)41-69-75(65)79(74(64)66(40-52)73-50(5)24-18-25-51(73)6)45-78(69)55-26-19-27-56(43-55)81-57-34-35-63-62-32-14-15-33-67(62)80(68(63)44-57)70-42-54(36-37-77-70)76(7,8)9;/h10-42H,1-9H3;/q-2;/i1D3,2D3,3D3,4D3,5D3,6D3,10D,11D,12D,13D,28D,29D,30D,31D;. The van der Waals surface area contributed by atoms with Crippen LogP contribution in [0.15, 0.2) is 200 Å². The zero-order valence-corrected chi connectivity index (χ0v) is 46.2. The summed E-state index contributed by atoms with van der Waals surface area (Å²) in [5.41, 5.74) is -8.12. The summed E-state index contributed by atoms with van der Waals surface area (Å²) >= 11 is 0. The summed E-state index contributed by atoms with van der Waals surface area (Å²) < 4.78 is 252. The van der Waals surface area contributed by atoms with Gasteiger partial charge in [-0.2, -0.15) is 18.2 Å². The van der Waals surface area contributed by atoms with Crippen molar-refractivity contribution in [2.75, 3.05) is 0 Å². The molecule has 0 amide bonds. The first kappa shape index (κ1) is 30.8. The van der Waals surface area contributed by atoms with Gasteiger partial charge in [0.05, 0.1) is 27.7 Å². The van der Waals surface area contributed by atoms with E-state index in [9.17, 15) is 19.2 Å². The van der Waals surface area contributed by atoms with Crippen molar-refractivity contribution >= 4 is 32.8 Å². The molecular weight excluding hydrogens is 1180 g/mol. The molecule has 0 saturated heterocycles. The van der Waals surface area contributed by atoms with Gasteiger partial charge < -0.3 is 13.9 Å². The van der Waals surface area contributed by atoms with Crippen molar-refractivity contribution in [3.63, 3.8) is 0 Å². The molecule has 402 valence electrons. The number of ether oxygens (including phenoxy) is 1. The van der Waals surface area contributed by atoms with Crippen LogP contribution < -0.4 is 9.30 Å². The van der Waals surface area contributed by atoms with Crippen LogP contribution in [0.3, 0.4) is 0 Å². The molecule has 1 aliphatic heterocycles. The molecule has 0 radical (unpaired) electrons. The number of hydrogen-bond donors (Lipinski definition) is 0. The van der Waals surface area contributed by atoms with E-state index in [1.807, 2.05) is 47.0 Å². The molecule has 82 heavy (non-hydrogen) atoms. The second kappa shape index (κ2) is 20.3. The molecule has 0 N–H and O–H groups in total. The van der Waals surface area contributed by atoms with Gasteiger partial charge in [-0.15, -0.1) is 29.7 Å². The minimum Gasteiger partial charge on any atom is -0.510 e. The van der Waals surface area contributed by atoms with Crippen LogP contribution in [0.2, 0.25) is 0 Å². The van der Waals surface area contributed by atoms with Gasteiger partial charge in [0.1, 0.15) is 5.82 Å². The van der Waals surface area contributed by atoms with Crippen LogP contribution in [0.1, 0.15) is 95.4 Å². The number of aromatic nitrogens is 4. The average molecular weight is 1270 g/mol. The zero-order valence-electron chi connectivity index (χ0n) is 69.9. The number of nitrogens with zero attached hydrogens (tertiary/aromatic N) is 4. The van der Waals surface area contributed by atoms with Crippen molar-refractivity contribution in [3.8, 4) is 95.5 Å². The third-order valence-electron chi connectivity index (χ3n) is 14.9. The Bertz CT molecular complexity index is 5830. The Balaban J connectivity index is 0.0000103. The maximum atomic E-state index is 10.2. The number of para-hydroxylation sites is 1. The van der Waals surface area contributed by atoms with Crippen LogP contribution in [0.25, 0.3) is 117 Å². The Morgan fingerprint density at radius 2 is 1.06 bits per heavy atom. The normalized spacial score (nSPS) is 17.4. The summed E-state index contributed by atoms with van der Waals surface area (Å²) in [7, 11) is 0. The number of pyridine rings is 1. The Labute approximate surface area is 531 Å². The number of fused-ring (bicyclic) bond motifs is 10. The van der Waals surface area contributed by atoms with E-state index in [2.05, 4.69) is 39.2 Å². The van der Waals surface area contributed by atoms with Crippen molar-refractivity contribution < 1.29 is 66.0 Å². The smallest absolute Gasteiger partial charge is 0.268 e. The van der Waals surface area contributed by atoms with Crippen LogP contribution in [0.4, 0.5) is 0 Å². The van der Waals surface area contributed by atoms with E-state index in [-0.39, 0.29) is 65.8 Å². The van der Waals surface area contributed by atoms with Crippen molar-refractivity contribution in [1.29, 1.82) is 0 Å². The third-order valence-corrected chi connectivity index (χ3v) is 14.9. The summed E-state index contributed by atoms with van der Waals surface area (Å²) in [6.07, 6.45) is 5.07. The monoisotopic (exact) mass is 1270 g/mol. The van der Waals surface area contributed by atoms with Crippen molar-refractivity contribution in [2.45, 2.75) is 67.3 Å². The largest absolute Gasteiger partial charge is 0.510 e. The summed E-state index contributed by atoms with van der Waals surface area (Å²) in [5, 5.41) is 1.69. The quantitative estimate of drug-likeness (QED) is 0.118. The molecule has 6 heteroatoms. The van der Waals surface area contributed by atoms with Crippen LogP contribution in [-0.4, -0.2) is 14.1 Å². The van der Waals surface area contributed by atoms with Crippen molar-refractivity contribution in [1.82, 2.24) is 14.1 Å². The number of rotatable bonds is 7. The van der Waals surface area contributed by atoms with E-state index < -0.39 is 184 Å². The number of hydrogen-bond acceptors (Lipinski definition) is 2. The molecule has 3 aromatic heterocycles. The minimum absolute atomic E-state index is 0. The third kappa shape index (κ3) is 8.64. The van der Waals surface area contributed by atoms with Crippen LogP contribution in [-0.2, 0) is 26.5 Å². The Hall–Kier alpha value is -8.89. The predicted molar refractivity (Wildman–Crippen MR) is 333 cm³/mol. The second-order valence-electron chi connectivity index (χ2n) is 20.9. The molecule has 0 bridgehead atoms. The van der Waals surface area contributed by atoms with E-state index in [4.69, 9.17) is 26.2 Å². The van der Waals surface area contributed by atoms with E-state index >= 15 is 0 Å². The first-order valence-corrected chi connectivity index (χ1v) is 25.9. The molecule has 0 atom stereocenters. The molecule has 13 aromatic rings. The summed E-state index contributed by atoms with van der Waals surface area (Å²) in [6.45, 7) is -12.8. The van der Waals surface area contributed by atoms with E-state index in [0.29, 0.717) is 11.3 Å². The van der Waals surface area contributed by atoms with Gasteiger partial charge in [0.25, 0.3) is 6.33 Å². The summed E-state index contributed by atoms with van der Waals surface area (Å²) in [5.74, 6) is 0.777. The maximum Gasteiger partial charge on any atom is 0.268 e. The van der Waals surface area contributed by atoms with E-state index in [1.54, 1.807) is 24.4 Å². The number of imidazole rings is 1. The molecule has 10 aromatic carbocycles. The Kier molecular flexibility index (Phi) is 7.61. The Morgan fingerprint density at radius 3 is 1.70 bits per heavy atom. The van der Waals surface area contributed by atoms with Gasteiger partial charge in [-0.3, -0.25) is 4.57 Å². The van der Waals surface area contributed by atoms with Gasteiger partial charge in [0.2, 0.25) is 0 Å². The fourth-order valence-electron chi connectivity index (χ4n) is 11.2. The second-order valence-corrected chi connectivity index (χ2v) is 20.9. The molecule has 5 nitrogen and oxygen atoms in total. The van der Waals surface area contributed by atoms with Gasteiger partial charge >= 0.3 is 0 Å². The molecular formula is C76H60N4OPt-2. The van der Waals surface area contributed by atoms with Gasteiger partial charge in [-0.05, 0) is 200 Å². The number of aryl methyl sites for hydroxylation is 6. The number of benzene rings is 10. The average Bonchev–Trinajstić information content (AvgIpc) is 1.48. The molecule has 0 saturated carbocycles. The van der Waals surface area contributed by atoms with E-state index in [1.165, 1.54) is 69.8 Å².